The molecule has 0 fully saturated rings. The summed E-state index contributed by atoms with van der Waals surface area (Å²) in [5, 5.41) is 18.0. The zero-order chi connectivity index (χ0) is 11.4. The number of allylic oxidation sites excluding steroid dienone is 6. The third-order valence-electron chi connectivity index (χ3n) is 2.33. The second kappa shape index (κ2) is 4.64. The minimum absolute atomic E-state index is 0.137. The standard InChI is InChI=1S/C12H9ClN2/c1-3-10-11(8(2)13)4-5-12(10)9(6-14)7-15/h3H,1-2,4-5H2. The van der Waals surface area contributed by atoms with E-state index in [4.69, 9.17) is 22.1 Å². The number of hydrogen-bond donors (Lipinski definition) is 0. The van der Waals surface area contributed by atoms with Gasteiger partial charge in [0.05, 0.1) is 0 Å². The molecule has 0 bridgehead atoms. The van der Waals surface area contributed by atoms with Crippen LogP contribution in [0.2, 0.25) is 0 Å². The molecule has 1 aliphatic rings. The van der Waals surface area contributed by atoms with Crippen LogP contribution in [0.4, 0.5) is 0 Å². The van der Waals surface area contributed by atoms with Gasteiger partial charge in [-0.25, -0.2) is 0 Å². The van der Waals surface area contributed by atoms with E-state index in [9.17, 15) is 0 Å². The van der Waals surface area contributed by atoms with Crippen molar-refractivity contribution >= 4 is 11.6 Å². The van der Waals surface area contributed by atoms with Crippen LogP contribution in [0.3, 0.4) is 0 Å². The molecule has 0 saturated heterocycles. The zero-order valence-corrected chi connectivity index (χ0v) is 8.93. The minimum atomic E-state index is 0.137. The lowest BCUT2D eigenvalue weighted by molar-refractivity contribution is 1.02. The topological polar surface area (TPSA) is 47.6 Å². The normalized spacial score (nSPS) is 14.5. The van der Waals surface area contributed by atoms with Crippen LogP contribution in [0, 0.1) is 22.7 Å². The molecule has 0 radical (unpaired) electrons. The molecule has 74 valence electrons. The van der Waals surface area contributed by atoms with E-state index in [1.807, 2.05) is 12.1 Å². The summed E-state index contributed by atoms with van der Waals surface area (Å²) < 4.78 is 0. The first kappa shape index (κ1) is 11.3. The molecule has 0 atom stereocenters. The molecule has 15 heavy (non-hydrogen) atoms. The number of hydrogen-bond acceptors (Lipinski definition) is 2. The largest absolute Gasteiger partial charge is 0.192 e. The summed E-state index contributed by atoms with van der Waals surface area (Å²) in [6, 6.07) is 3.76. The van der Waals surface area contributed by atoms with Crippen molar-refractivity contribution in [2.45, 2.75) is 12.8 Å². The molecule has 0 heterocycles. The van der Waals surface area contributed by atoms with Crippen LogP contribution in [0.15, 0.2) is 46.6 Å². The van der Waals surface area contributed by atoms with E-state index < -0.39 is 0 Å². The van der Waals surface area contributed by atoms with Gasteiger partial charge in [0.15, 0.2) is 0 Å². The van der Waals surface area contributed by atoms with Crippen molar-refractivity contribution in [1.29, 1.82) is 10.5 Å². The van der Waals surface area contributed by atoms with Gasteiger partial charge in [0, 0.05) is 5.03 Å². The third-order valence-corrected chi connectivity index (χ3v) is 2.56. The van der Waals surface area contributed by atoms with Crippen molar-refractivity contribution in [3.05, 3.63) is 46.6 Å². The van der Waals surface area contributed by atoms with Gasteiger partial charge in [-0.2, -0.15) is 10.5 Å². The Hall–Kier alpha value is -1.77. The van der Waals surface area contributed by atoms with Crippen LogP contribution in [-0.2, 0) is 0 Å². The SMILES string of the molecule is C=CC1=C(C(=C)Cl)CCC1=C(C#N)C#N. The lowest BCUT2D eigenvalue weighted by atomic mass is 10.0. The molecule has 0 aromatic heterocycles. The average molecular weight is 217 g/mol. The minimum Gasteiger partial charge on any atom is -0.192 e. The molecule has 0 aromatic carbocycles. The van der Waals surface area contributed by atoms with E-state index >= 15 is 0 Å². The summed E-state index contributed by atoms with van der Waals surface area (Å²) in [5.41, 5.74) is 2.53. The highest BCUT2D eigenvalue weighted by atomic mass is 35.5. The molecular weight excluding hydrogens is 208 g/mol. The Balaban J connectivity index is 3.38. The number of halogens is 1. The van der Waals surface area contributed by atoms with Crippen molar-refractivity contribution in [3.8, 4) is 12.1 Å². The molecule has 1 aliphatic carbocycles. The average Bonchev–Trinajstić information content (AvgIpc) is 2.63. The van der Waals surface area contributed by atoms with Crippen molar-refractivity contribution in [3.63, 3.8) is 0 Å². The molecule has 3 heteroatoms. The van der Waals surface area contributed by atoms with Crippen molar-refractivity contribution in [1.82, 2.24) is 0 Å². The van der Waals surface area contributed by atoms with Crippen LogP contribution in [-0.4, -0.2) is 0 Å². The fourth-order valence-corrected chi connectivity index (χ4v) is 1.85. The number of rotatable bonds is 2. The van der Waals surface area contributed by atoms with Gasteiger partial charge in [-0.15, -0.1) is 0 Å². The second-order valence-corrected chi connectivity index (χ2v) is 3.53. The van der Waals surface area contributed by atoms with Crippen LogP contribution in [0.5, 0.6) is 0 Å². The quantitative estimate of drug-likeness (QED) is 0.665. The summed E-state index contributed by atoms with van der Waals surface area (Å²) in [7, 11) is 0. The number of nitrogens with zero attached hydrogens (tertiary/aromatic N) is 2. The van der Waals surface area contributed by atoms with E-state index in [0.717, 1.165) is 16.7 Å². The highest BCUT2D eigenvalue weighted by Crippen LogP contribution is 2.38. The predicted octanol–water partition coefficient (Wildman–Crippen LogP) is 3.36. The van der Waals surface area contributed by atoms with Crippen LogP contribution >= 0.6 is 11.6 Å². The summed E-state index contributed by atoms with van der Waals surface area (Å²) >= 11 is 5.83. The van der Waals surface area contributed by atoms with Crippen molar-refractivity contribution < 1.29 is 0 Å². The fourth-order valence-electron chi connectivity index (χ4n) is 1.65. The molecule has 0 aliphatic heterocycles. The lowest BCUT2D eigenvalue weighted by Gasteiger charge is -2.01. The smallest absolute Gasteiger partial charge is 0.133 e. The van der Waals surface area contributed by atoms with Crippen LogP contribution in [0.25, 0.3) is 0 Å². The molecule has 0 spiro atoms. The zero-order valence-electron chi connectivity index (χ0n) is 8.18. The Kier molecular flexibility index (Phi) is 3.50. The highest BCUT2D eigenvalue weighted by Gasteiger charge is 2.21. The van der Waals surface area contributed by atoms with Gasteiger partial charge in [-0.05, 0) is 29.6 Å². The molecule has 0 amide bonds. The Morgan fingerprint density at radius 2 is 1.93 bits per heavy atom. The van der Waals surface area contributed by atoms with Gasteiger partial charge in [-0.3, -0.25) is 0 Å². The molecule has 0 aromatic rings. The maximum absolute atomic E-state index is 8.78. The molecule has 2 nitrogen and oxygen atoms in total. The van der Waals surface area contributed by atoms with Gasteiger partial charge in [-0.1, -0.05) is 30.8 Å². The van der Waals surface area contributed by atoms with E-state index in [1.54, 1.807) is 6.08 Å². The van der Waals surface area contributed by atoms with Gasteiger partial charge < -0.3 is 0 Å². The lowest BCUT2D eigenvalue weighted by Crippen LogP contribution is -1.87. The maximum Gasteiger partial charge on any atom is 0.133 e. The Morgan fingerprint density at radius 1 is 1.33 bits per heavy atom. The highest BCUT2D eigenvalue weighted by molar-refractivity contribution is 6.31. The van der Waals surface area contributed by atoms with Gasteiger partial charge in [0.25, 0.3) is 0 Å². The summed E-state index contributed by atoms with van der Waals surface area (Å²) in [4.78, 5) is 0. The summed E-state index contributed by atoms with van der Waals surface area (Å²) in [6.45, 7) is 7.32. The Bertz CT molecular complexity index is 451. The van der Waals surface area contributed by atoms with Gasteiger partial charge in [0.1, 0.15) is 17.7 Å². The first-order chi connectivity index (χ1) is 7.15. The van der Waals surface area contributed by atoms with E-state index in [2.05, 4.69) is 13.2 Å². The third kappa shape index (κ3) is 2.01. The molecule has 0 saturated carbocycles. The molecule has 0 unspecified atom stereocenters. The van der Waals surface area contributed by atoms with E-state index in [1.165, 1.54) is 0 Å². The summed E-state index contributed by atoms with van der Waals surface area (Å²) in [6.07, 6.45) is 2.99. The van der Waals surface area contributed by atoms with E-state index in [0.29, 0.717) is 17.9 Å². The second-order valence-electron chi connectivity index (χ2n) is 3.08. The predicted molar refractivity (Wildman–Crippen MR) is 59.7 cm³/mol. The fraction of sp³-hybridized carbons (Fsp3) is 0.167. The Labute approximate surface area is 94.1 Å². The molecule has 0 N–H and O–H groups in total. The molecular formula is C12H9ClN2. The van der Waals surface area contributed by atoms with Gasteiger partial charge >= 0.3 is 0 Å². The number of nitriles is 2. The summed E-state index contributed by atoms with van der Waals surface area (Å²) in [5.74, 6) is 0. The van der Waals surface area contributed by atoms with Crippen molar-refractivity contribution in [2.24, 2.45) is 0 Å². The maximum atomic E-state index is 8.78. The molecule has 1 rings (SSSR count). The Morgan fingerprint density at radius 3 is 2.33 bits per heavy atom. The van der Waals surface area contributed by atoms with Crippen molar-refractivity contribution in [2.75, 3.05) is 0 Å². The monoisotopic (exact) mass is 216 g/mol. The first-order valence-electron chi connectivity index (χ1n) is 4.39. The van der Waals surface area contributed by atoms with Crippen LogP contribution in [0.1, 0.15) is 12.8 Å². The van der Waals surface area contributed by atoms with Crippen LogP contribution < -0.4 is 0 Å². The van der Waals surface area contributed by atoms with Gasteiger partial charge in [0.2, 0.25) is 0 Å². The van der Waals surface area contributed by atoms with E-state index in [-0.39, 0.29) is 5.57 Å². The first-order valence-corrected chi connectivity index (χ1v) is 4.77.